The van der Waals surface area contributed by atoms with Gasteiger partial charge in [-0.2, -0.15) is 0 Å². The first-order chi connectivity index (χ1) is 7.77. The Kier molecular flexibility index (Phi) is 6.37. The Morgan fingerprint density at radius 2 is 2.44 bits per heavy atom. The molecule has 5 nitrogen and oxygen atoms in total. The zero-order chi connectivity index (χ0) is 11.8. The van der Waals surface area contributed by atoms with Gasteiger partial charge < -0.3 is 19.7 Å². The number of nitrogens with zero attached hydrogens (tertiary/aromatic N) is 1. The fraction of sp³-hybridized carbons (Fsp3) is 0.909. The van der Waals surface area contributed by atoms with E-state index >= 15 is 0 Å². The normalized spacial score (nSPS) is 20.8. The fourth-order valence-electron chi connectivity index (χ4n) is 1.74. The van der Waals surface area contributed by atoms with E-state index in [0.717, 1.165) is 19.6 Å². The van der Waals surface area contributed by atoms with Gasteiger partial charge in [-0.15, -0.1) is 0 Å². The molecular weight excluding hydrogens is 208 g/mol. The standard InChI is InChI=1S/C11H22N2O3/c1-3-13(5-7-15-2)11(14)8-10-9-12-4-6-16-10/h10,12H,3-9H2,1-2H3. The second-order valence-corrected chi connectivity index (χ2v) is 3.87. The Balaban J connectivity index is 2.29. The van der Waals surface area contributed by atoms with Crippen LogP contribution in [-0.2, 0) is 14.3 Å². The maximum atomic E-state index is 11.9. The van der Waals surface area contributed by atoms with Gasteiger partial charge in [0.25, 0.3) is 0 Å². The van der Waals surface area contributed by atoms with Crippen LogP contribution in [0.2, 0.25) is 0 Å². The summed E-state index contributed by atoms with van der Waals surface area (Å²) in [6.45, 7) is 6.30. The summed E-state index contributed by atoms with van der Waals surface area (Å²) >= 11 is 0. The number of likely N-dealkylation sites (N-methyl/N-ethyl adjacent to an activating group) is 1. The Bertz CT molecular complexity index is 205. The molecule has 0 spiro atoms. The Labute approximate surface area is 97.1 Å². The average Bonchev–Trinajstić information content (AvgIpc) is 2.31. The first kappa shape index (κ1) is 13.4. The molecule has 1 saturated heterocycles. The molecule has 5 heteroatoms. The highest BCUT2D eigenvalue weighted by Crippen LogP contribution is 2.05. The zero-order valence-electron chi connectivity index (χ0n) is 10.2. The smallest absolute Gasteiger partial charge is 0.225 e. The van der Waals surface area contributed by atoms with Crippen LogP contribution < -0.4 is 5.32 Å². The van der Waals surface area contributed by atoms with Crippen LogP contribution in [0.4, 0.5) is 0 Å². The quantitative estimate of drug-likeness (QED) is 0.690. The van der Waals surface area contributed by atoms with E-state index in [2.05, 4.69) is 5.32 Å². The molecule has 1 aliphatic heterocycles. The van der Waals surface area contributed by atoms with Crippen molar-refractivity contribution in [2.24, 2.45) is 0 Å². The summed E-state index contributed by atoms with van der Waals surface area (Å²) in [5.74, 6) is 0.147. The van der Waals surface area contributed by atoms with E-state index in [1.54, 1.807) is 7.11 Å². The highest BCUT2D eigenvalue weighted by Gasteiger charge is 2.20. The van der Waals surface area contributed by atoms with E-state index < -0.39 is 0 Å². The van der Waals surface area contributed by atoms with Crippen LogP contribution in [0.1, 0.15) is 13.3 Å². The molecule has 1 aliphatic rings. The highest BCUT2D eigenvalue weighted by atomic mass is 16.5. The third-order valence-corrected chi connectivity index (χ3v) is 2.71. The number of nitrogens with one attached hydrogen (secondary N) is 1. The minimum atomic E-state index is 0.0258. The first-order valence-electron chi connectivity index (χ1n) is 5.87. The molecule has 1 amide bonds. The number of morpholine rings is 1. The molecule has 0 saturated carbocycles. The molecule has 1 unspecified atom stereocenters. The molecule has 1 fully saturated rings. The van der Waals surface area contributed by atoms with Crippen molar-refractivity contribution >= 4 is 5.91 Å². The van der Waals surface area contributed by atoms with Gasteiger partial charge >= 0.3 is 0 Å². The lowest BCUT2D eigenvalue weighted by atomic mass is 10.2. The van der Waals surface area contributed by atoms with E-state index in [1.165, 1.54) is 0 Å². The van der Waals surface area contributed by atoms with Crippen LogP contribution in [0.3, 0.4) is 0 Å². The maximum Gasteiger partial charge on any atom is 0.225 e. The van der Waals surface area contributed by atoms with E-state index in [9.17, 15) is 4.79 Å². The Morgan fingerprint density at radius 1 is 1.62 bits per heavy atom. The number of methoxy groups -OCH3 is 1. The molecule has 0 radical (unpaired) electrons. The van der Waals surface area contributed by atoms with E-state index in [0.29, 0.717) is 26.2 Å². The van der Waals surface area contributed by atoms with E-state index in [-0.39, 0.29) is 12.0 Å². The van der Waals surface area contributed by atoms with Crippen molar-refractivity contribution in [3.63, 3.8) is 0 Å². The van der Waals surface area contributed by atoms with E-state index in [4.69, 9.17) is 9.47 Å². The predicted octanol–water partition coefficient (Wildman–Crippen LogP) is -0.140. The number of hydrogen-bond acceptors (Lipinski definition) is 4. The lowest BCUT2D eigenvalue weighted by Gasteiger charge is -2.26. The van der Waals surface area contributed by atoms with Crippen LogP contribution in [0.15, 0.2) is 0 Å². The fourth-order valence-corrected chi connectivity index (χ4v) is 1.74. The average molecular weight is 230 g/mol. The van der Waals surface area contributed by atoms with Crippen LogP contribution in [0.25, 0.3) is 0 Å². The van der Waals surface area contributed by atoms with Gasteiger partial charge in [0.15, 0.2) is 0 Å². The van der Waals surface area contributed by atoms with Gasteiger partial charge in [-0.25, -0.2) is 0 Å². The molecular formula is C11H22N2O3. The molecule has 1 N–H and O–H groups in total. The number of carbonyl (C=O) groups is 1. The summed E-state index contributed by atoms with van der Waals surface area (Å²) < 4.78 is 10.5. The monoisotopic (exact) mass is 230 g/mol. The van der Waals surface area contributed by atoms with Crippen molar-refractivity contribution in [3.05, 3.63) is 0 Å². The summed E-state index contributed by atoms with van der Waals surface area (Å²) in [5, 5.41) is 3.22. The van der Waals surface area contributed by atoms with Gasteiger partial charge in [0.2, 0.25) is 5.91 Å². The van der Waals surface area contributed by atoms with Gasteiger partial charge in [-0.05, 0) is 6.92 Å². The molecule has 0 bridgehead atoms. The van der Waals surface area contributed by atoms with Crippen LogP contribution in [0, 0.1) is 0 Å². The highest BCUT2D eigenvalue weighted by molar-refractivity contribution is 5.76. The number of ether oxygens (including phenoxy) is 2. The van der Waals surface area contributed by atoms with Crippen molar-refractivity contribution in [2.75, 3.05) is 46.5 Å². The summed E-state index contributed by atoms with van der Waals surface area (Å²) in [6, 6.07) is 0. The number of carbonyl (C=O) groups excluding carboxylic acids is 1. The lowest BCUT2D eigenvalue weighted by Crippen LogP contribution is -2.43. The topological polar surface area (TPSA) is 50.8 Å². The largest absolute Gasteiger partial charge is 0.383 e. The molecule has 16 heavy (non-hydrogen) atoms. The third-order valence-electron chi connectivity index (χ3n) is 2.71. The van der Waals surface area contributed by atoms with Gasteiger partial charge in [0, 0.05) is 33.3 Å². The summed E-state index contributed by atoms with van der Waals surface area (Å²) in [4.78, 5) is 13.7. The SMILES string of the molecule is CCN(CCOC)C(=O)CC1CNCCO1. The van der Waals surface area contributed by atoms with Crippen LogP contribution in [0.5, 0.6) is 0 Å². The molecule has 0 aromatic rings. The van der Waals surface area contributed by atoms with Crippen molar-refractivity contribution < 1.29 is 14.3 Å². The Morgan fingerprint density at radius 3 is 3.00 bits per heavy atom. The van der Waals surface area contributed by atoms with Crippen molar-refractivity contribution in [1.82, 2.24) is 10.2 Å². The minimum absolute atomic E-state index is 0.0258. The second kappa shape index (κ2) is 7.60. The van der Waals surface area contributed by atoms with E-state index in [1.807, 2.05) is 11.8 Å². The second-order valence-electron chi connectivity index (χ2n) is 3.87. The molecule has 0 aliphatic carbocycles. The minimum Gasteiger partial charge on any atom is -0.383 e. The number of rotatable bonds is 6. The summed E-state index contributed by atoms with van der Waals surface area (Å²) in [5.41, 5.74) is 0. The van der Waals surface area contributed by atoms with Crippen LogP contribution in [-0.4, -0.2) is 63.4 Å². The Hall–Kier alpha value is -0.650. The van der Waals surface area contributed by atoms with Gasteiger partial charge in [0.05, 0.1) is 25.7 Å². The molecule has 1 rings (SSSR count). The number of hydrogen-bond donors (Lipinski definition) is 1. The molecule has 1 heterocycles. The summed E-state index contributed by atoms with van der Waals surface area (Å²) in [6.07, 6.45) is 0.489. The molecule has 94 valence electrons. The third kappa shape index (κ3) is 4.47. The predicted molar refractivity (Wildman–Crippen MR) is 61.4 cm³/mol. The lowest BCUT2D eigenvalue weighted by molar-refractivity contribution is -0.135. The van der Waals surface area contributed by atoms with Crippen molar-refractivity contribution in [3.8, 4) is 0 Å². The van der Waals surface area contributed by atoms with Crippen molar-refractivity contribution in [2.45, 2.75) is 19.4 Å². The van der Waals surface area contributed by atoms with Crippen LogP contribution >= 0.6 is 0 Å². The van der Waals surface area contributed by atoms with Gasteiger partial charge in [-0.3, -0.25) is 4.79 Å². The molecule has 1 atom stereocenters. The molecule has 0 aromatic heterocycles. The first-order valence-corrected chi connectivity index (χ1v) is 5.87. The van der Waals surface area contributed by atoms with Crippen molar-refractivity contribution in [1.29, 1.82) is 0 Å². The van der Waals surface area contributed by atoms with Gasteiger partial charge in [-0.1, -0.05) is 0 Å². The molecule has 0 aromatic carbocycles. The zero-order valence-corrected chi connectivity index (χ0v) is 10.2. The van der Waals surface area contributed by atoms with Gasteiger partial charge in [0.1, 0.15) is 0 Å². The number of amides is 1. The summed E-state index contributed by atoms with van der Waals surface area (Å²) in [7, 11) is 1.65. The maximum absolute atomic E-state index is 11.9.